The zero-order valence-electron chi connectivity index (χ0n) is 10.0. The van der Waals surface area contributed by atoms with Crippen LogP contribution in [0.1, 0.15) is 36.8 Å². The summed E-state index contributed by atoms with van der Waals surface area (Å²) in [6.07, 6.45) is 0.997. The summed E-state index contributed by atoms with van der Waals surface area (Å²) < 4.78 is 5.04. The predicted molar refractivity (Wildman–Crippen MR) is 60.8 cm³/mol. The highest BCUT2D eigenvalue weighted by molar-refractivity contribution is 5.85. The van der Waals surface area contributed by atoms with E-state index in [1.165, 1.54) is 12.3 Å². The zero-order chi connectivity index (χ0) is 13.1. The van der Waals surface area contributed by atoms with Crippen LogP contribution in [0.15, 0.2) is 12.3 Å². The summed E-state index contributed by atoms with van der Waals surface area (Å²) in [6.45, 7) is 5.53. The number of carboxylic acids is 1. The van der Waals surface area contributed by atoms with E-state index in [0.717, 1.165) is 0 Å². The lowest BCUT2D eigenvalue weighted by Crippen LogP contribution is -2.32. The molecule has 0 radical (unpaired) electrons. The molecule has 6 nitrogen and oxygen atoms in total. The smallest absolute Gasteiger partial charge is 0.407 e. The summed E-state index contributed by atoms with van der Waals surface area (Å²) in [5, 5.41) is 11.2. The van der Waals surface area contributed by atoms with Crippen molar-refractivity contribution in [3.05, 3.63) is 23.5 Å². The molecule has 0 aromatic carbocycles. The SMILES string of the molecule is CC(C)(C)OC(=O)NCc1c[nH]c(C(=O)O)c1. The van der Waals surface area contributed by atoms with E-state index in [1.807, 2.05) is 0 Å². The molecule has 0 bridgehead atoms. The summed E-state index contributed by atoms with van der Waals surface area (Å²) in [4.78, 5) is 24.5. The second-order valence-corrected chi connectivity index (χ2v) is 4.58. The van der Waals surface area contributed by atoms with Crippen LogP contribution in [0.3, 0.4) is 0 Å². The molecule has 0 atom stereocenters. The molecule has 1 heterocycles. The molecule has 0 saturated carbocycles. The molecule has 17 heavy (non-hydrogen) atoms. The minimum atomic E-state index is -1.03. The van der Waals surface area contributed by atoms with E-state index < -0.39 is 17.7 Å². The van der Waals surface area contributed by atoms with Crippen molar-refractivity contribution in [3.8, 4) is 0 Å². The van der Waals surface area contributed by atoms with Crippen LogP contribution in [0.4, 0.5) is 4.79 Å². The van der Waals surface area contributed by atoms with Crippen molar-refractivity contribution in [1.82, 2.24) is 10.3 Å². The Morgan fingerprint density at radius 3 is 2.59 bits per heavy atom. The average Bonchev–Trinajstić information content (AvgIpc) is 2.60. The van der Waals surface area contributed by atoms with Crippen molar-refractivity contribution < 1.29 is 19.4 Å². The minimum absolute atomic E-state index is 0.0889. The van der Waals surface area contributed by atoms with E-state index in [-0.39, 0.29) is 12.2 Å². The largest absolute Gasteiger partial charge is 0.477 e. The Balaban J connectivity index is 2.45. The van der Waals surface area contributed by atoms with Crippen LogP contribution in [0.25, 0.3) is 0 Å². The van der Waals surface area contributed by atoms with Crippen molar-refractivity contribution in [2.45, 2.75) is 32.9 Å². The number of rotatable bonds is 3. The topological polar surface area (TPSA) is 91.4 Å². The minimum Gasteiger partial charge on any atom is -0.477 e. The number of H-pyrrole nitrogens is 1. The van der Waals surface area contributed by atoms with Gasteiger partial charge in [0.25, 0.3) is 0 Å². The molecule has 0 aliphatic rings. The van der Waals surface area contributed by atoms with Gasteiger partial charge in [-0.05, 0) is 32.4 Å². The van der Waals surface area contributed by atoms with Crippen LogP contribution in [0.2, 0.25) is 0 Å². The number of aromatic carboxylic acids is 1. The van der Waals surface area contributed by atoms with Crippen LogP contribution in [-0.2, 0) is 11.3 Å². The number of aromatic amines is 1. The van der Waals surface area contributed by atoms with Gasteiger partial charge in [-0.25, -0.2) is 9.59 Å². The summed E-state index contributed by atoms with van der Waals surface area (Å²) in [5.41, 5.74) is 0.216. The summed E-state index contributed by atoms with van der Waals surface area (Å²) >= 11 is 0. The maximum Gasteiger partial charge on any atom is 0.407 e. The van der Waals surface area contributed by atoms with Gasteiger partial charge >= 0.3 is 12.1 Å². The summed E-state index contributed by atoms with van der Waals surface area (Å²) in [5.74, 6) is -1.03. The highest BCUT2D eigenvalue weighted by Gasteiger charge is 2.16. The first kappa shape index (κ1) is 13.1. The van der Waals surface area contributed by atoms with Crippen LogP contribution in [-0.4, -0.2) is 27.8 Å². The average molecular weight is 240 g/mol. The molecule has 94 valence electrons. The van der Waals surface area contributed by atoms with Crippen LogP contribution >= 0.6 is 0 Å². The second kappa shape index (κ2) is 4.90. The third kappa shape index (κ3) is 4.58. The predicted octanol–water partition coefficient (Wildman–Crippen LogP) is 1.74. The van der Waals surface area contributed by atoms with E-state index in [4.69, 9.17) is 9.84 Å². The number of alkyl carbamates (subject to hydrolysis) is 1. The first-order chi connectivity index (χ1) is 7.78. The van der Waals surface area contributed by atoms with Gasteiger partial charge < -0.3 is 20.1 Å². The second-order valence-electron chi connectivity index (χ2n) is 4.58. The number of carbonyl (C=O) groups excluding carboxylic acids is 1. The lowest BCUT2D eigenvalue weighted by Gasteiger charge is -2.19. The Morgan fingerprint density at radius 2 is 2.12 bits per heavy atom. The fourth-order valence-electron chi connectivity index (χ4n) is 1.15. The standard InChI is InChI=1S/C11H16N2O4/c1-11(2,3)17-10(16)13-6-7-4-8(9(14)15)12-5-7/h4-5,12H,6H2,1-3H3,(H,13,16)(H,14,15). The van der Waals surface area contributed by atoms with Crippen LogP contribution in [0, 0.1) is 0 Å². The summed E-state index contributed by atoms with van der Waals surface area (Å²) in [7, 11) is 0. The Hall–Kier alpha value is -1.98. The Morgan fingerprint density at radius 1 is 1.47 bits per heavy atom. The molecular formula is C11H16N2O4. The van der Waals surface area contributed by atoms with E-state index in [2.05, 4.69) is 10.3 Å². The van der Waals surface area contributed by atoms with Gasteiger partial charge in [-0.2, -0.15) is 0 Å². The fourth-order valence-corrected chi connectivity index (χ4v) is 1.15. The maximum atomic E-state index is 11.3. The quantitative estimate of drug-likeness (QED) is 0.750. The lowest BCUT2D eigenvalue weighted by atomic mass is 10.2. The monoisotopic (exact) mass is 240 g/mol. The molecule has 0 fully saturated rings. The van der Waals surface area contributed by atoms with Crippen molar-refractivity contribution in [2.75, 3.05) is 0 Å². The number of nitrogens with one attached hydrogen (secondary N) is 2. The molecule has 0 aliphatic carbocycles. The van der Waals surface area contributed by atoms with Crippen LogP contribution in [0.5, 0.6) is 0 Å². The van der Waals surface area contributed by atoms with E-state index in [0.29, 0.717) is 5.56 Å². The number of hydrogen-bond donors (Lipinski definition) is 3. The first-order valence-electron chi connectivity index (χ1n) is 5.15. The number of aromatic nitrogens is 1. The fraction of sp³-hybridized carbons (Fsp3) is 0.455. The maximum absolute atomic E-state index is 11.3. The highest BCUT2D eigenvalue weighted by Crippen LogP contribution is 2.07. The number of amides is 1. The number of carbonyl (C=O) groups is 2. The number of carboxylic acid groups (broad SMARTS) is 1. The first-order valence-corrected chi connectivity index (χ1v) is 5.15. The van der Waals surface area contributed by atoms with Gasteiger partial charge in [-0.1, -0.05) is 0 Å². The third-order valence-electron chi connectivity index (χ3n) is 1.81. The van der Waals surface area contributed by atoms with Gasteiger partial charge in [-0.3, -0.25) is 0 Å². The normalized spacial score (nSPS) is 11.0. The van der Waals surface area contributed by atoms with Gasteiger partial charge in [0, 0.05) is 12.7 Å². The van der Waals surface area contributed by atoms with Crippen molar-refractivity contribution in [1.29, 1.82) is 0 Å². The van der Waals surface area contributed by atoms with Crippen molar-refractivity contribution in [2.24, 2.45) is 0 Å². The molecule has 6 heteroatoms. The number of hydrogen-bond acceptors (Lipinski definition) is 3. The molecule has 3 N–H and O–H groups in total. The molecule has 0 aliphatic heterocycles. The molecule has 0 unspecified atom stereocenters. The van der Waals surface area contributed by atoms with E-state index in [9.17, 15) is 9.59 Å². The third-order valence-corrected chi connectivity index (χ3v) is 1.81. The molecule has 0 spiro atoms. The van der Waals surface area contributed by atoms with E-state index in [1.54, 1.807) is 20.8 Å². The Labute approximate surface area is 99.0 Å². The Kier molecular flexibility index (Phi) is 3.77. The zero-order valence-corrected chi connectivity index (χ0v) is 10.0. The molecule has 1 amide bonds. The lowest BCUT2D eigenvalue weighted by molar-refractivity contribution is 0.0523. The van der Waals surface area contributed by atoms with Gasteiger partial charge in [0.05, 0.1) is 0 Å². The van der Waals surface area contributed by atoms with E-state index >= 15 is 0 Å². The van der Waals surface area contributed by atoms with Gasteiger partial charge in [0.1, 0.15) is 11.3 Å². The number of ether oxygens (including phenoxy) is 1. The van der Waals surface area contributed by atoms with Gasteiger partial charge in [0.15, 0.2) is 0 Å². The molecule has 1 rings (SSSR count). The highest BCUT2D eigenvalue weighted by atomic mass is 16.6. The Bertz CT molecular complexity index is 417. The van der Waals surface area contributed by atoms with Crippen molar-refractivity contribution >= 4 is 12.1 Å². The van der Waals surface area contributed by atoms with Crippen LogP contribution < -0.4 is 5.32 Å². The summed E-state index contributed by atoms with van der Waals surface area (Å²) in [6, 6.07) is 1.46. The molecule has 1 aromatic heterocycles. The molecular weight excluding hydrogens is 224 g/mol. The van der Waals surface area contributed by atoms with Gasteiger partial charge in [0.2, 0.25) is 0 Å². The molecule has 0 saturated heterocycles. The van der Waals surface area contributed by atoms with Gasteiger partial charge in [-0.15, -0.1) is 0 Å². The molecule has 1 aromatic rings. The van der Waals surface area contributed by atoms with Crippen molar-refractivity contribution in [3.63, 3.8) is 0 Å².